The van der Waals surface area contributed by atoms with Gasteiger partial charge in [-0.05, 0) is 18.9 Å². The van der Waals surface area contributed by atoms with Gasteiger partial charge in [-0.2, -0.15) is 0 Å². The molecule has 106 valence electrons. The predicted molar refractivity (Wildman–Crippen MR) is 67.1 cm³/mol. The van der Waals surface area contributed by atoms with Crippen LogP contribution < -0.4 is 0 Å². The van der Waals surface area contributed by atoms with E-state index in [0.29, 0.717) is 19.3 Å². The van der Waals surface area contributed by atoms with Crippen LogP contribution in [0.25, 0.3) is 0 Å². The molecule has 1 aliphatic rings. The Hall–Kier alpha value is -2.35. The third-order valence-electron chi connectivity index (χ3n) is 3.47. The first-order valence-corrected chi connectivity index (χ1v) is 6.05. The van der Waals surface area contributed by atoms with Crippen molar-refractivity contribution >= 4 is 17.2 Å². The van der Waals surface area contributed by atoms with Gasteiger partial charge in [0.2, 0.25) is 0 Å². The Labute approximate surface area is 113 Å². The molecule has 0 unspecified atom stereocenters. The molecule has 1 aromatic carbocycles. The summed E-state index contributed by atoms with van der Waals surface area (Å²) in [6.45, 7) is 0. The van der Waals surface area contributed by atoms with Crippen LogP contribution in [0.15, 0.2) is 18.2 Å². The van der Waals surface area contributed by atoms with Crippen molar-refractivity contribution in [2.75, 3.05) is 0 Å². The predicted octanol–water partition coefficient (Wildman–Crippen LogP) is 1.91. The van der Waals surface area contributed by atoms with Gasteiger partial charge >= 0.3 is 0 Å². The number of ketones is 1. The molecule has 1 saturated carbocycles. The van der Waals surface area contributed by atoms with E-state index in [0.717, 1.165) is 18.2 Å². The van der Waals surface area contributed by atoms with Gasteiger partial charge < -0.3 is 5.11 Å². The Morgan fingerprint density at radius 2 is 1.95 bits per heavy atom. The van der Waals surface area contributed by atoms with Crippen LogP contribution >= 0.6 is 0 Å². The van der Waals surface area contributed by atoms with Gasteiger partial charge in [0.05, 0.1) is 27.6 Å². The molecule has 1 fully saturated rings. The van der Waals surface area contributed by atoms with E-state index in [1.807, 2.05) is 0 Å². The number of benzene rings is 1. The lowest BCUT2D eigenvalue weighted by atomic mass is 9.92. The van der Waals surface area contributed by atoms with Gasteiger partial charge in [0, 0.05) is 18.4 Å². The van der Waals surface area contributed by atoms with Gasteiger partial charge in [0.25, 0.3) is 11.4 Å². The number of non-ortho nitro benzene ring substituents is 1. The lowest BCUT2D eigenvalue weighted by Gasteiger charge is -2.16. The minimum Gasteiger partial charge on any atom is -0.387 e. The van der Waals surface area contributed by atoms with Crippen LogP contribution in [-0.2, 0) is 4.79 Å². The normalized spacial score (nSPS) is 19.9. The number of aliphatic hydroxyl groups is 1. The quantitative estimate of drug-likeness (QED) is 0.663. The van der Waals surface area contributed by atoms with Crippen molar-refractivity contribution in [2.24, 2.45) is 5.92 Å². The molecule has 1 aromatic rings. The maximum Gasteiger partial charge on any atom is 0.282 e. The molecule has 0 aromatic heterocycles. The van der Waals surface area contributed by atoms with Gasteiger partial charge in [-0.3, -0.25) is 25.0 Å². The minimum absolute atomic E-state index is 0.0548. The molecular formula is C12H12N2O6. The summed E-state index contributed by atoms with van der Waals surface area (Å²) in [7, 11) is 0. The fraction of sp³-hybridized carbons (Fsp3) is 0.417. The maximum atomic E-state index is 11.6. The molecule has 1 N–H and O–H groups in total. The zero-order valence-corrected chi connectivity index (χ0v) is 10.4. The van der Waals surface area contributed by atoms with Crippen LogP contribution in [0.4, 0.5) is 11.4 Å². The second-order valence-corrected chi connectivity index (χ2v) is 4.67. The average molecular weight is 280 g/mol. The van der Waals surface area contributed by atoms with Gasteiger partial charge in [-0.15, -0.1) is 0 Å². The molecule has 0 saturated heterocycles. The third-order valence-corrected chi connectivity index (χ3v) is 3.47. The lowest BCUT2D eigenvalue weighted by Crippen LogP contribution is -2.17. The molecule has 20 heavy (non-hydrogen) atoms. The number of hydrogen-bond acceptors (Lipinski definition) is 6. The van der Waals surface area contributed by atoms with Gasteiger partial charge in [0.1, 0.15) is 5.78 Å². The third kappa shape index (κ3) is 2.50. The van der Waals surface area contributed by atoms with Crippen molar-refractivity contribution in [3.63, 3.8) is 0 Å². The Balaban J connectivity index is 2.42. The number of carbonyl (C=O) groups excluding carboxylic acids is 1. The molecule has 8 heteroatoms. The zero-order chi connectivity index (χ0) is 14.9. The number of nitro benzene ring substituents is 2. The number of rotatable bonds is 4. The van der Waals surface area contributed by atoms with Gasteiger partial charge in [-0.1, -0.05) is 0 Å². The Morgan fingerprint density at radius 1 is 1.25 bits per heavy atom. The first-order chi connectivity index (χ1) is 9.41. The standard InChI is InChI=1S/C12H12N2O6/c15-11-3-1-2-9(11)12(16)8-5-4-7(13(17)18)6-10(8)14(19)20/h4-6,9,12,16H,1-3H2/t9-,12+/m1/s1. The Morgan fingerprint density at radius 3 is 2.45 bits per heavy atom. The van der Waals surface area contributed by atoms with E-state index >= 15 is 0 Å². The number of nitrogens with zero attached hydrogens (tertiary/aromatic N) is 2. The number of aliphatic hydroxyl groups excluding tert-OH is 1. The summed E-state index contributed by atoms with van der Waals surface area (Å²) in [5.74, 6) is -0.805. The van der Waals surface area contributed by atoms with Gasteiger partial charge in [0.15, 0.2) is 0 Å². The van der Waals surface area contributed by atoms with E-state index in [2.05, 4.69) is 0 Å². The molecule has 2 atom stereocenters. The summed E-state index contributed by atoms with van der Waals surface area (Å²) in [6.07, 6.45) is 0.157. The van der Waals surface area contributed by atoms with Crippen LogP contribution in [0.2, 0.25) is 0 Å². The summed E-state index contributed by atoms with van der Waals surface area (Å²) in [5.41, 5.74) is -1.02. The maximum absolute atomic E-state index is 11.6. The highest BCUT2D eigenvalue weighted by Gasteiger charge is 2.35. The number of hydrogen-bond donors (Lipinski definition) is 1. The van der Waals surface area contributed by atoms with Crippen molar-refractivity contribution in [1.82, 2.24) is 0 Å². The van der Waals surface area contributed by atoms with E-state index in [-0.39, 0.29) is 11.3 Å². The van der Waals surface area contributed by atoms with Crippen molar-refractivity contribution < 1.29 is 19.7 Å². The summed E-state index contributed by atoms with van der Waals surface area (Å²) in [6, 6.07) is 3.04. The second-order valence-electron chi connectivity index (χ2n) is 4.67. The fourth-order valence-corrected chi connectivity index (χ4v) is 2.45. The van der Waals surface area contributed by atoms with Crippen molar-refractivity contribution in [3.8, 4) is 0 Å². The smallest absolute Gasteiger partial charge is 0.282 e. The van der Waals surface area contributed by atoms with Crippen LogP contribution in [0.5, 0.6) is 0 Å². The van der Waals surface area contributed by atoms with E-state index in [9.17, 15) is 30.1 Å². The fourth-order valence-electron chi connectivity index (χ4n) is 2.45. The minimum atomic E-state index is -1.30. The number of nitro groups is 2. The molecule has 0 heterocycles. The largest absolute Gasteiger partial charge is 0.387 e. The highest BCUT2D eigenvalue weighted by molar-refractivity contribution is 5.83. The highest BCUT2D eigenvalue weighted by atomic mass is 16.6. The van der Waals surface area contributed by atoms with Crippen LogP contribution in [0, 0.1) is 26.1 Å². The van der Waals surface area contributed by atoms with Gasteiger partial charge in [-0.25, -0.2) is 0 Å². The van der Waals surface area contributed by atoms with E-state index in [4.69, 9.17) is 0 Å². The molecular weight excluding hydrogens is 268 g/mol. The monoisotopic (exact) mass is 280 g/mol. The topological polar surface area (TPSA) is 124 Å². The summed E-state index contributed by atoms with van der Waals surface area (Å²) in [5, 5.41) is 31.8. The molecule has 0 bridgehead atoms. The Kier molecular flexibility index (Phi) is 3.75. The molecule has 0 amide bonds. The summed E-state index contributed by atoms with van der Waals surface area (Å²) >= 11 is 0. The molecule has 1 aliphatic carbocycles. The molecule has 0 aliphatic heterocycles. The van der Waals surface area contributed by atoms with E-state index < -0.39 is 33.2 Å². The molecule has 0 spiro atoms. The summed E-state index contributed by atoms with van der Waals surface area (Å²) in [4.78, 5) is 31.7. The van der Waals surface area contributed by atoms with E-state index in [1.54, 1.807) is 0 Å². The lowest BCUT2D eigenvalue weighted by molar-refractivity contribution is -0.395. The van der Waals surface area contributed by atoms with E-state index in [1.165, 1.54) is 0 Å². The first-order valence-electron chi connectivity index (χ1n) is 6.05. The Bertz CT molecular complexity index is 585. The zero-order valence-electron chi connectivity index (χ0n) is 10.4. The molecule has 2 rings (SSSR count). The second kappa shape index (κ2) is 5.33. The SMILES string of the molecule is O=C1CCC[C@H]1[C@@H](O)c1ccc([N+](=O)[O-])cc1[N+](=O)[O-]. The average Bonchev–Trinajstić information content (AvgIpc) is 2.83. The summed E-state index contributed by atoms with van der Waals surface area (Å²) < 4.78 is 0. The molecule has 0 radical (unpaired) electrons. The number of Topliss-reactive ketones (excluding diaryl/α,β-unsaturated/α-hetero) is 1. The first kappa shape index (κ1) is 14.1. The van der Waals surface area contributed by atoms with Crippen molar-refractivity contribution in [2.45, 2.75) is 25.4 Å². The van der Waals surface area contributed by atoms with Crippen LogP contribution in [-0.4, -0.2) is 20.7 Å². The molecule has 8 nitrogen and oxygen atoms in total. The van der Waals surface area contributed by atoms with Crippen molar-refractivity contribution in [1.29, 1.82) is 0 Å². The van der Waals surface area contributed by atoms with Crippen molar-refractivity contribution in [3.05, 3.63) is 44.0 Å². The van der Waals surface area contributed by atoms with Crippen LogP contribution in [0.1, 0.15) is 30.9 Å². The number of carbonyl (C=O) groups is 1. The highest BCUT2D eigenvalue weighted by Crippen LogP contribution is 2.38. The van der Waals surface area contributed by atoms with Crippen LogP contribution in [0.3, 0.4) is 0 Å².